The first-order valence-electron chi connectivity index (χ1n) is 6.29. The van der Waals surface area contributed by atoms with Crippen LogP contribution >= 0.6 is 0 Å². The summed E-state index contributed by atoms with van der Waals surface area (Å²) in [6.45, 7) is 2.28. The molecule has 0 fully saturated rings. The number of ether oxygens (including phenoxy) is 1. The lowest BCUT2D eigenvalue weighted by atomic mass is 10.0. The maximum Gasteiger partial charge on any atom is 0.305 e. The van der Waals surface area contributed by atoms with Gasteiger partial charge in [-0.1, -0.05) is 18.2 Å². The van der Waals surface area contributed by atoms with Gasteiger partial charge in [-0.15, -0.1) is 0 Å². The third-order valence-electron chi connectivity index (χ3n) is 2.87. The highest BCUT2D eigenvalue weighted by Gasteiger charge is 2.04. The Bertz CT molecular complexity index is 532. The van der Waals surface area contributed by atoms with Crippen LogP contribution in [0.2, 0.25) is 0 Å². The quantitative estimate of drug-likeness (QED) is 0.757. The number of hydrogen-bond acceptors (Lipinski definition) is 3. The van der Waals surface area contributed by atoms with Gasteiger partial charge in [0, 0.05) is 18.0 Å². The summed E-state index contributed by atoms with van der Waals surface area (Å²) in [6.07, 6.45) is 3.96. The molecule has 3 nitrogen and oxygen atoms in total. The molecule has 0 aliphatic heterocycles. The van der Waals surface area contributed by atoms with Crippen molar-refractivity contribution in [2.24, 2.45) is 0 Å². The summed E-state index contributed by atoms with van der Waals surface area (Å²) in [7, 11) is 0. The topological polar surface area (TPSA) is 39.2 Å². The first-order valence-corrected chi connectivity index (χ1v) is 6.29. The van der Waals surface area contributed by atoms with E-state index in [1.54, 1.807) is 6.20 Å². The molecule has 3 heteroatoms. The molecule has 0 saturated carbocycles. The number of benzene rings is 1. The first kappa shape index (κ1) is 12.6. The van der Waals surface area contributed by atoms with Crippen LogP contribution < -0.4 is 0 Å². The van der Waals surface area contributed by atoms with Crippen LogP contribution in [-0.4, -0.2) is 17.6 Å². The second-order valence-electron chi connectivity index (χ2n) is 4.15. The van der Waals surface area contributed by atoms with Crippen LogP contribution in [0.5, 0.6) is 0 Å². The van der Waals surface area contributed by atoms with Gasteiger partial charge >= 0.3 is 5.97 Å². The van der Waals surface area contributed by atoms with Crippen molar-refractivity contribution in [3.63, 3.8) is 0 Å². The minimum absolute atomic E-state index is 0.115. The van der Waals surface area contributed by atoms with Crippen LogP contribution in [0.25, 0.3) is 10.9 Å². The molecule has 2 rings (SSSR count). The highest BCUT2D eigenvalue weighted by atomic mass is 16.5. The van der Waals surface area contributed by atoms with E-state index in [4.69, 9.17) is 4.74 Å². The molecule has 94 valence electrons. The van der Waals surface area contributed by atoms with E-state index in [2.05, 4.69) is 17.1 Å². The lowest BCUT2D eigenvalue weighted by Crippen LogP contribution is -2.04. The maximum absolute atomic E-state index is 11.3. The monoisotopic (exact) mass is 243 g/mol. The van der Waals surface area contributed by atoms with Gasteiger partial charge in [-0.2, -0.15) is 0 Å². The van der Waals surface area contributed by atoms with E-state index < -0.39 is 0 Å². The Morgan fingerprint density at radius 2 is 2.17 bits per heavy atom. The van der Waals surface area contributed by atoms with Gasteiger partial charge in [-0.25, -0.2) is 0 Å². The standard InChI is InChI=1S/C15H17NO2/c1-2-18-15(17)10-4-7-12-6-3-9-14-13(12)8-5-11-16-14/h3,5-6,8-9,11H,2,4,7,10H2,1H3. The van der Waals surface area contributed by atoms with E-state index in [9.17, 15) is 4.79 Å². The molecule has 0 spiro atoms. The summed E-state index contributed by atoms with van der Waals surface area (Å²) in [5.74, 6) is -0.115. The fraction of sp³-hybridized carbons (Fsp3) is 0.333. The molecule has 0 amide bonds. The number of rotatable bonds is 5. The summed E-state index contributed by atoms with van der Waals surface area (Å²) in [5, 5.41) is 1.17. The Morgan fingerprint density at radius 1 is 1.28 bits per heavy atom. The average molecular weight is 243 g/mol. The number of esters is 1. The smallest absolute Gasteiger partial charge is 0.305 e. The molecular formula is C15H17NO2. The van der Waals surface area contributed by atoms with Gasteiger partial charge < -0.3 is 4.74 Å². The van der Waals surface area contributed by atoms with Crippen LogP contribution in [0.15, 0.2) is 36.5 Å². The zero-order valence-corrected chi connectivity index (χ0v) is 10.6. The van der Waals surface area contributed by atoms with Crippen LogP contribution in [0.3, 0.4) is 0 Å². The molecule has 0 aliphatic carbocycles. The minimum atomic E-state index is -0.115. The van der Waals surface area contributed by atoms with Crippen molar-refractivity contribution in [2.75, 3.05) is 6.61 Å². The Morgan fingerprint density at radius 3 is 3.00 bits per heavy atom. The number of pyridine rings is 1. The molecule has 0 bridgehead atoms. The molecule has 18 heavy (non-hydrogen) atoms. The van der Waals surface area contributed by atoms with E-state index in [0.29, 0.717) is 13.0 Å². The predicted octanol–water partition coefficient (Wildman–Crippen LogP) is 3.12. The lowest BCUT2D eigenvalue weighted by molar-refractivity contribution is -0.143. The van der Waals surface area contributed by atoms with Gasteiger partial charge in [0.15, 0.2) is 0 Å². The number of aryl methyl sites for hydroxylation is 1. The third-order valence-corrected chi connectivity index (χ3v) is 2.87. The second kappa shape index (κ2) is 6.15. The molecule has 0 atom stereocenters. The van der Waals surface area contributed by atoms with Crippen molar-refractivity contribution in [3.05, 3.63) is 42.1 Å². The molecular weight excluding hydrogens is 226 g/mol. The van der Waals surface area contributed by atoms with E-state index in [0.717, 1.165) is 18.4 Å². The number of hydrogen-bond donors (Lipinski definition) is 0. The fourth-order valence-corrected chi connectivity index (χ4v) is 2.04. The molecule has 1 aromatic heterocycles. The van der Waals surface area contributed by atoms with Gasteiger partial charge in [-0.05, 0) is 37.5 Å². The number of fused-ring (bicyclic) bond motifs is 1. The third kappa shape index (κ3) is 3.06. The Balaban J connectivity index is 2.01. The summed E-state index contributed by atoms with van der Waals surface area (Å²) < 4.78 is 4.92. The first-order chi connectivity index (χ1) is 8.81. The number of aromatic nitrogens is 1. The number of carbonyl (C=O) groups is 1. The molecule has 1 heterocycles. The average Bonchev–Trinajstić information content (AvgIpc) is 2.39. The van der Waals surface area contributed by atoms with Gasteiger partial charge in [0.2, 0.25) is 0 Å². The summed E-state index contributed by atoms with van der Waals surface area (Å²) in [5.41, 5.74) is 2.25. The normalized spacial score (nSPS) is 10.5. The van der Waals surface area contributed by atoms with Crippen molar-refractivity contribution >= 4 is 16.9 Å². The highest BCUT2D eigenvalue weighted by Crippen LogP contribution is 2.18. The van der Waals surface area contributed by atoms with Gasteiger partial charge in [0.25, 0.3) is 0 Å². The molecule has 0 radical (unpaired) electrons. The van der Waals surface area contributed by atoms with E-state index >= 15 is 0 Å². The largest absolute Gasteiger partial charge is 0.466 e. The summed E-state index contributed by atoms with van der Waals surface area (Å²) in [6, 6.07) is 10.1. The van der Waals surface area contributed by atoms with Crippen molar-refractivity contribution in [2.45, 2.75) is 26.2 Å². The Labute approximate surface area is 107 Å². The molecule has 0 unspecified atom stereocenters. The fourth-order valence-electron chi connectivity index (χ4n) is 2.04. The number of carbonyl (C=O) groups excluding carboxylic acids is 1. The van der Waals surface area contributed by atoms with E-state index in [-0.39, 0.29) is 5.97 Å². The van der Waals surface area contributed by atoms with E-state index in [1.165, 1.54) is 10.9 Å². The van der Waals surface area contributed by atoms with Crippen LogP contribution in [0.4, 0.5) is 0 Å². The van der Waals surface area contributed by atoms with Crippen molar-refractivity contribution in [1.82, 2.24) is 4.98 Å². The minimum Gasteiger partial charge on any atom is -0.466 e. The molecule has 1 aromatic carbocycles. The zero-order chi connectivity index (χ0) is 12.8. The van der Waals surface area contributed by atoms with Crippen molar-refractivity contribution in [1.29, 1.82) is 0 Å². The molecule has 0 saturated heterocycles. The van der Waals surface area contributed by atoms with E-state index in [1.807, 2.05) is 25.1 Å². The van der Waals surface area contributed by atoms with Crippen LogP contribution in [0.1, 0.15) is 25.3 Å². The lowest BCUT2D eigenvalue weighted by Gasteiger charge is -2.05. The zero-order valence-electron chi connectivity index (χ0n) is 10.6. The summed E-state index contributed by atoms with van der Waals surface area (Å²) in [4.78, 5) is 15.6. The van der Waals surface area contributed by atoms with Crippen LogP contribution in [0, 0.1) is 0 Å². The maximum atomic E-state index is 11.3. The van der Waals surface area contributed by atoms with Crippen molar-refractivity contribution in [3.8, 4) is 0 Å². The van der Waals surface area contributed by atoms with Crippen molar-refractivity contribution < 1.29 is 9.53 Å². The summed E-state index contributed by atoms with van der Waals surface area (Å²) >= 11 is 0. The predicted molar refractivity (Wildman–Crippen MR) is 71.3 cm³/mol. The Hall–Kier alpha value is -1.90. The SMILES string of the molecule is CCOC(=O)CCCc1cccc2ncccc12. The van der Waals surface area contributed by atoms with Gasteiger partial charge in [0.05, 0.1) is 12.1 Å². The highest BCUT2D eigenvalue weighted by molar-refractivity contribution is 5.82. The molecule has 2 aromatic rings. The van der Waals surface area contributed by atoms with Gasteiger partial charge in [-0.3, -0.25) is 9.78 Å². The number of nitrogens with zero attached hydrogens (tertiary/aromatic N) is 1. The molecule has 0 aliphatic rings. The second-order valence-corrected chi connectivity index (χ2v) is 4.15. The van der Waals surface area contributed by atoms with Gasteiger partial charge in [0.1, 0.15) is 0 Å². The molecule has 0 N–H and O–H groups in total. The van der Waals surface area contributed by atoms with Crippen LogP contribution in [-0.2, 0) is 16.0 Å². The Kier molecular flexibility index (Phi) is 4.29.